The van der Waals surface area contributed by atoms with Gasteiger partial charge < -0.3 is 18.9 Å². The van der Waals surface area contributed by atoms with Crippen LogP contribution in [0, 0.1) is 0 Å². The van der Waals surface area contributed by atoms with Gasteiger partial charge in [-0.15, -0.1) is 0 Å². The lowest BCUT2D eigenvalue weighted by Crippen LogP contribution is -2.37. The van der Waals surface area contributed by atoms with E-state index in [0.29, 0.717) is 17.4 Å². The number of quaternary nitrogens is 1. The molecule has 2 atom stereocenters. The highest BCUT2D eigenvalue weighted by Gasteiger charge is 2.27. The van der Waals surface area contributed by atoms with Crippen molar-refractivity contribution in [2.24, 2.45) is 0 Å². The Morgan fingerprint density at radius 2 is 0.600 bits per heavy atom. The van der Waals surface area contributed by atoms with Crippen molar-refractivity contribution in [3.05, 3.63) is 12.2 Å². The molecule has 0 amide bonds. The van der Waals surface area contributed by atoms with E-state index in [1.165, 1.54) is 340 Å². The van der Waals surface area contributed by atoms with E-state index < -0.39 is 26.5 Å². The SMILES string of the molecule is CCCCCCCCCC/C=C\CCCCCCCCCCCCCCCCCCCCCCCCCCCCCCCC(=O)OC(COC(=O)CCCCCCCCCCCCCCCCCCCCCC)COP(=O)(O)OCC[N+](C)(C)C. The van der Waals surface area contributed by atoms with E-state index in [2.05, 4.69) is 26.0 Å². The van der Waals surface area contributed by atoms with Crippen molar-refractivity contribution >= 4 is 19.8 Å². The van der Waals surface area contributed by atoms with E-state index in [4.69, 9.17) is 18.5 Å². The molecule has 0 aromatic rings. The lowest BCUT2D eigenvalue weighted by Gasteiger charge is -2.24. The van der Waals surface area contributed by atoms with Crippen LogP contribution in [-0.2, 0) is 32.7 Å². The van der Waals surface area contributed by atoms with Crippen LogP contribution in [0.25, 0.3) is 0 Å². The molecule has 0 fully saturated rings. The zero-order chi connectivity index (χ0) is 61.9. The number of hydrogen-bond donors (Lipinski definition) is 1. The summed E-state index contributed by atoms with van der Waals surface area (Å²) in [6, 6.07) is 0. The van der Waals surface area contributed by atoms with Crippen LogP contribution in [0.15, 0.2) is 12.2 Å². The van der Waals surface area contributed by atoms with Gasteiger partial charge >= 0.3 is 19.8 Å². The predicted octanol–water partition coefficient (Wildman–Crippen LogP) is 24.7. The van der Waals surface area contributed by atoms with E-state index in [-0.39, 0.29) is 25.6 Å². The number of nitrogens with zero attached hydrogens (tertiary/aromatic N) is 1. The van der Waals surface area contributed by atoms with Gasteiger partial charge in [0, 0.05) is 12.8 Å². The standard InChI is InChI=1S/C75H148NO8P/c1-6-8-10-12-14-16-18-20-22-24-26-28-29-30-31-32-33-34-35-36-37-38-39-40-41-42-43-44-45-46-47-48-50-52-54-56-58-60-62-64-66-68-75(78)84-73(72-83-85(79,80)82-70-69-76(3,4)5)71-81-74(77)67-65-63-61-59-57-55-53-51-49-27-25-23-21-19-17-15-13-11-9-7-2/h24,26,73H,6-23,25,27-72H2,1-5H3/p+1/b26-24-. The predicted molar refractivity (Wildman–Crippen MR) is 368 cm³/mol. The Hall–Kier alpha value is -1.25. The van der Waals surface area contributed by atoms with E-state index >= 15 is 0 Å². The zero-order valence-electron chi connectivity index (χ0n) is 57.9. The summed E-state index contributed by atoms with van der Waals surface area (Å²) in [5.41, 5.74) is 0. The van der Waals surface area contributed by atoms with Crippen molar-refractivity contribution < 1.29 is 42.1 Å². The Labute approximate surface area is 530 Å². The fourth-order valence-corrected chi connectivity index (χ4v) is 12.5. The Balaban J connectivity index is 3.84. The molecule has 0 spiro atoms. The van der Waals surface area contributed by atoms with Gasteiger partial charge in [-0.2, -0.15) is 0 Å². The monoisotopic (exact) mass is 1220 g/mol. The maximum atomic E-state index is 12.9. The normalized spacial score (nSPS) is 13.1. The molecule has 506 valence electrons. The Morgan fingerprint density at radius 3 is 0.871 bits per heavy atom. The summed E-state index contributed by atoms with van der Waals surface area (Å²) >= 11 is 0. The van der Waals surface area contributed by atoms with Crippen molar-refractivity contribution in [1.82, 2.24) is 0 Å². The molecule has 0 aliphatic rings. The van der Waals surface area contributed by atoms with Crippen molar-refractivity contribution in [2.45, 2.75) is 412 Å². The summed E-state index contributed by atoms with van der Waals surface area (Å²) in [5.74, 6) is -0.769. The third-order valence-electron chi connectivity index (χ3n) is 17.5. The maximum absolute atomic E-state index is 12.9. The van der Waals surface area contributed by atoms with E-state index in [1.54, 1.807) is 0 Å². The topological polar surface area (TPSA) is 108 Å². The van der Waals surface area contributed by atoms with Crippen LogP contribution in [0.5, 0.6) is 0 Å². The first kappa shape index (κ1) is 83.8. The molecule has 0 aromatic heterocycles. The Bertz CT molecular complexity index is 1440. The number of esters is 2. The minimum atomic E-state index is -4.39. The highest BCUT2D eigenvalue weighted by molar-refractivity contribution is 7.47. The van der Waals surface area contributed by atoms with Crippen LogP contribution >= 0.6 is 7.82 Å². The van der Waals surface area contributed by atoms with Crippen LogP contribution in [0.4, 0.5) is 0 Å². The van der Waals surface area contributed by atoms with Crippen molar-refractivity contribution in [2.75, 3.05) is 47.5 Å². The second kappa shape index (κ2) is 67.2. The van der Waals surface area contributed by atoms with Gasteiger partial charge in [0.25, 0.3) is 0 Å². The minimum Gasteiger partial charge on any atom is -0.462 e. The van der Waals surface area contributed by atoms with Gasteiger partial charge in [0.05, 0.1) is 27.7 Å². The lowest BCUT2D eigenvalue weighted by molar-refractivity contribution is -0.870. The second-order valence-electron chi connectivity index (χ2n) is 27.4. The summed E-state index contributed by atoms with van der Waals surface area (Å²) in [7, 11) is 1.51. The molecule has 0 rings (SSSR count). The maximum Gasteiger partial charge on any atom is 0.472 e. The number of likely N-dealkylation sites (N-methyl/N-ethyl adjacent to an activating group) is 1. The fourth-order valence-electron chi connectivity index (χ4n) is 11.7. The number of phosphoric ester groups is 1. The third kappa shape index (κ3) is 71.7. The van der Waals surface area contributed by atoms with Gasteiger partial charge in [0.2, 0.25) is 0 Å². The van der Waals surface area contributed by atoms with Gasteiger partial charge in [-0.05, 0) is 38.5 Å². The van der Waals surface area contributed by atoms with E-state index in [9.17, 15) is 19.0 Å². The summed E-state index contributed by atoms with van der Waals surface area (Å²) < 4.78 is 34.8. The van der Waals surface area contributed by atoms with Crippen LogP contribution in [0.1, 0.15) is 406 Å². The number of carbonyl (C=O) groups excluding carboxylic acids is 2. The first-order valence-corrected chi connectivity index (χ1v) is 39.4. The average Bonchev–Trinajstić information content (AvgIpc) is 3.51. The molecule has 10 heteroatoms. The number of phosphoric acid groups is 1. The Morgan fingerprint density at radius 1 is 0.353 bits per heavy atom. The summed E-state index contributed by atoms with van der Waals surface area (Å²) in [6.45, 7) is 4.52. The molecule has 9 nitrogen and oxygen atoms in total. The second-order valence-corrected chi connectivity index (χ2v) is 28.9. The summed E-state index contributed by atoms with van der Waals surface area (Å²) in [4.78, 5) is 35.9. The molecule has 0 aromatic carbocycles. The number of carbonyl (C=O) groups is 2. The largest absolute Gasteiger partial charge is 0.472 e. The molecular weight excluding hydrogens is 1070 g/mol. The quantitative estimate of drug-likeness (QED) is 0.0211. The molecule has 1 N–H and O–H groups in total. The van der Waals surface area contributed by atoms with Gasteiger partial charge in [-0.25, -0.2) is 4.57 Å². The first-order valence-electron chi connectivity index (χ1n) is 37.9. The average molecular weight is 1220 g/mol. The highest BCUT2D eigenvalue weighted by Crippen LogP contribution is 2.43. The molecule has 85 heavy (non-hydrogen) atoms. The van der Waals surface area contributed by atoms with Crippen LogP contribution in [0.2, 0.25) is 0 Å². The number of rotatable bonds is 72. The highest BCUT2D eigenvalue weighted by atomic mass is 31.2. The zero-order valence-corrected chi connectivity index (χ0v) is 58.8. The van der Waals surface area contributed by atoms with Gasteiger partial charge in [0.15, 0.2) is 6.10 Å². The van der Waals surface area contributed by atoms with Crippen LogP contribution in [0.3, 0.4) is 0 Å². The number of allylic oxidation sites excluding steroid dienone is 2. The lowest BCUT2D eigenvalue weighted by atomic mass is 10.0. The first-order chi connectivity index (χ1) is 41.5. The molecule has 0 aliphatic heterocycles. The summed E-state index contributed by atoms with van der Waals surface area (Å²) in [5, 5.41) is 0. The van der Waals surface area contributed by atoms with Crippen LogP contribution in [-0.4, -0.2) is 74.9 Å². The van der Waals surface area contributed by atoms with E-state index in [1.807, 2.05) is 21.1 Å². The third-order valence-corrected chi connectivity index (χ3v) is 18.5. The number of unbranched alkanes of at least 4 members (excludes halogenated alkanes) is 56. The van der Waals surface area contributed by atoms with Crippen molar-refractivity contribution in [3.8, 4) is 0 Å². The molecule has 2 unspecified atom stereocenters. The van der Waals surface area contributed by atoms with Gasteiger partial charge in [0.1, 0.15) is 19.8 Å². The molecule has 0 aliphatic carbocycles. The van der Waals surface area contributed by atoms with Crippen molar-refractivity contribution in [3.63, 3.8) is 0 Å². The number of hydrogen-bond acceptors (Lipinski definition) is 7. The molecule has 0 bridgehead atoms. The smallest absolute Gasteiger partial charge is 0.462 e. The Kier molecular flexibility index (Phi) is 66.2. The fraction of sp³-hybridized carbons (Fsp3) is 0.947. The molecule has 0 heterocycles. The molecule has 0 radical (unpaired) electrons. The van der Waals surface area contributed by atoms with Crippen molar-refractivity contribution in [1.29, 1.82) is 0 Å². The van der Waals surface area contributed by atoms with Gasteiger partial charge in [-0.3, -0.25) is 18.6 Å². The van der Waals surface area contributed by atoms with Crippen LogP contribution < -0.4 is 0 Å². The minimum absolute atomic E-state index is 0.0371. The number of ether oxygens (including phenoxy) is 2. The van der Waals surface area contributed by atoms with Gasteiger partial charge in [-0.1, -0.05) is 366 Å². The molecule has 0 saturated heterocycles. The van der Waals surface area contributed by atoms with E-state index in [0.717, 1.165) is 38.5 Å². The molecular formula is C75H149NO8P+. The molecule has 0 saturated carbocycles. The summed E-state index contributed by atoms with van der Waals surface area (Å²) in [6.07, 6.45) is 83.6.